The summed E-state index contributed by atoms with van der Waals surface area (Å²) in [6.07, 6.45) is 0.915. The van der Waals surface area contributed by atoms with Gasteiger partial charge in [0.05, 0.1) is 44.2 Å². The summed E-state index contributed by atoms with van der Waals surface area (Å²) in [5.41, 5.74) is 9.02. The predicted molar refractivity (Wildman–Crippen MR) is 179 cm³/mol. The van der Waals surface area contributed by atoms with Crippen LogP contribution in [0.1, 0.15) is 38.3 Å². The molecule has 0 unspecified atom stereocenters. The van der Waals surface area contributed by atoms with Crippen molar-refractivity contribution in [1.29, 1.82) is 0 Å². The molecule has 228 valence electrons. The fourth-order valence-electron chi connectivity index (χ4n) is 5.39. The number of para-hydroxylation sites is 4. The van der Waals surface area contributed by atoms with Gasteiger partial charge in [0.25, 0.3) is 11.8 Å². The monoisotopic (exact) mass is 600 g/mol. The molecule has 4 N–H and O–H groups in total. The molecule has 45 heavy (non-hydrogen) atoms. The Labute approximate surface area is 261 Å². The maximum absolute atomic E-state index is 12.9. The van der Waals surface area contributed by atoms with Crippen molar-refractivity contribution in [3.63, 3.8) is 0 Å². The standard InChI is InChI=1S/C35H36N8O2/c1-22-8-3-12-26-30(22)42-32-24(10-5-14-28(32)40-26)34(44)38-20-18-36-16-7-17-37-19-21-39-35(45)25-11-6-15-29-33(25)43-31-23(2)9-4-13-27(31)41-29/h3-6,8-15,36-37H,7,16-21H2,1-2H3,(H,38,44)(H,39,45). The number of fused-ring (bicyclic) bond motifs is 4. The number of amides is 2. The van der Waals surface area contributed by atoms with E-state index in [9.17, 15) is 9.59 Å². The Balaban J connectivity index is 0.890. The molecule has 0 bridgehead atoms. The lowest BCUT2D eigenvalue weighted by atomic mass is 10.1. The predicted octanol–water partition coefficient (Wildman–Crippen LogP) is 4.23. The third-order valence-corrected chi connectivity index (χ3v) is 7.76. The van der Waals surface area contributed by atoms with Crippen LogP contribution in [0.4, 0.5) is 0 Å². The van der Waals surface area contributed by atoms with Crippen molar-refractivity contribution in [1.82, 2.24) is 41.2 Å². The first-order valence-electron chi connectivity index (χ1n) is 15.3. The first-order chi connectivity index (χ1) is 22.0. The molecule has 0 fully saturated rings. The van der Waals surface area contributed by atoms with Gasteiger partial charge in [0.2, 0.25) is 0 Å². The van der Waals surface area contributed by atoms with E-state index >= 15 is 0 Å². The van der Waals surface area contributed by atoms with Crippen molar-refractivity contribution in [3.05, 3.63) is 95.1 Å². The molecule has 0 aliphatic rings. The average Bonchev–Trinajstić information content (AvgIpc) is 3.05. The van der Waals surface area contributed by atoms with Crippen LogP contribution in [-0.4, -0.2) is 71.0 Å². The van der Waals surface area contributed by atoms with Crippen molar-refractivity contribution < 1.29 is 9.59 Å². The first-order valence-corrected chi connectivity index (χ1v) is 15.3. The SMILES string of the molecule is Cc1cccc2nc3cccc(C(=O)NCCNCCCNCCNC(=O)c4cccc5nc6cccc(C)c6nc45)c3nc12. The maximum Gasteiger partial charge on any atom is 0.253 e. The maximum atomic E-state index is 12.9. The molecule has 0 saturated carbocycles. The van der Waals surface area contributed by atoms with Crippen LogP contribution in [0.25, 0.3) is 44.1 Å². The summed E-state index contributed by atoms with van der Waals surface area (Å²) in [4.78, 5) is 44.8. The van der Waals surface area contributed by atoms with Gasteiger partial charge in [-0.15, -0.1) is 0 Å². The summed E-state index contributed by atoms with van der Waals surface area (Å²) in [5.74, 6) is -0.320. The van der Waals surface area contributed by atoms with E-state index in [1.165, 1.54) is 0 Å². The summed E-state index contributed by atoms with van der Waals surface area (Å²) in [5, 5.41) is 12.7. The second-order valence-corrected chi connectivity index (χ2v) is 11.0. The van der Waals surface area contributed by atoms with Gasteiger partial charge in [-0.3, -0.25) is 9.59 Å². The number of benzene rings is 4. The Morgan fingerprint density at radius 1 is 0.489 bits per heavy atom. The number of aromatic nitrogens is 4. The van der Waals surface area contributed by atoms with Crippen molar-refractivity contribution in [2.75, 3.05) is 39.3 Å². The number of nitrogens with zero attached hydrogens (tertiary/aromatic N) is 4. The fraction of sp³-hybridized carbons (Fsp3) is 0.257. The molecular formula is C35H36N8O2. The topological polar surface area (TPSA) is 134 Å². The zero-order chi connectivity index (χ0) is 31.2. The Morgan fingerprint density at radius 2 is 0.889 bits per heavy atom. The van der Waals surface area contributed by atoms with Crippen LogP contribution in [-0.2, 0) is 0 Å². The Kier molecular flexibility index (Phi) is 9.14. The van der Waals surface area contributed by atoms with E-state index in [0.717, 1.165) is 52.7 Å². The van der Waals surface area contributed by atoms with E-state index < -0.39 is 0 Å². The summed E-state index contributed by atoms with van der Waals surface area (Å²) in [6.45, 7) is 7.92. The molecule has 0 radical (unpaired) electrons. The number of hydrogen-bond donors (Lipinski definition) is 4. The van der Waals surface area contributed by atoms with Gasteiger partial charge in [0, 0.05) is 26.2 Å². The molecule has 0 aliphatic heterocycles. The lowest BCUT2D eigenvalue weighted by Crippen LogP contribution is -2.34. The van der Waals surface area contributed by atoms with Gasteiger partial charge in [0.1, 0.15) is 11.0 Å². The van der Waals surface area contributed by atoms with E-state index in [1.54, 1.807) is 12.1 Å². The van der Waals surface area contributed by atoms with Crippen molar-refractivity contribution in [3.8, 4) is 0 Å². The van der Waals surface area contributed by atoms with Crippen LogP contribution in [0, 0.1) is 13.8 Å². The molecule has 10 nitrogen and oxygen atoms in total. The molecule has 10 heteroatoms. The third kappa shape index (κ3) is 6.72. The molecule has 2 amide bonds. The minimum Gasteiger partial charge on any atom is -0.351 e. The molecule has 0 spiro atoms. The van der Waals surface area contributed by atoms with E-state index in [-0.39, 0.29) is 11.8 Å². The van der Waals surface area contributed by atoms with Crippen LogP contribution >= 0.6 is 0 Å². The van der Waals surface area contributed by atoms with E-state index in [4.69, 9.17) is 19.9 Å². The van der Waals surface area contributed by atoms with Gasteiger partial charge in [-0.25, -0.2) is 19.9 Å². The van der Waals surface area contributed by atoms with Gasteiger partial charge in [-0.1, -0.05) is 36.4 Å². The van der Waals surface area contributed by atoms with Crippen LogP contribution in [0.3, 0.4) is 0 Å². The van der Waals surface area contributed by atoms with Crippen molar-refractivity contribution >= 4 is 55.9 Å². The second-order valence-electron chi connectivity index (χ2n) is 11.0. The molecule has 0 atom stereocenters. The van der Waals surface area contributed by atoms with Gasteiger partial charge >= 0.3 is 0 Å². The Morgan fingerprint density at radius 3 is 1.33 bits per heavy atom. The Hall–Kier alpha value is -5.06. The van der Waals surface area contributed by atoms with Crippen LogP contribution in [0.15, 0.2) is 72.8 Å². The van der Waals surface area contributed by atoms with Crippen LogP contribution in [0.2, 0.25) is 0 Å². The molecule has 6 rings (SSSR count). The quantitative estimate of drug-likeness (QED) is 0.121. The number of carbonyl (C=O) groups excluding carboxylic acids is 2. The highest BCUT2D eigenvalue weighted by atomic mass is 16.2. The van der Waals surface area contributed by atoms with Crippen molar-refractivity contribution in [2.45, 2.75) is 20.3 Å². The summed E-state index contributed by atoms with van der Waals surface area (Å²) < 4.78 is 0. The van der Waals surface area contributed by atoms with E-state index in [1.807, 2.05) is 74.5 Å². The molecule has 4 aromatic carbocycles. The van der Waals surface area contributed by atoms with Gasteiger partial charge in [-0.05, 0) is 80.9 Å². The van der Waals surface area contributed by atoms with Crippen LogP contribution < -0.4 is 21.3 Å². The highest BCUT2D eigenvalue weighted by Gasteiger charge is 2.14. The van der Waals surface area contributed by atoms with Crippen molar-refractivity contribution in [2.24, 2.45) is 0 Å². The fourth-order valence-corrected chi connectivity index (χ4v) is 5.39. The normalized spacial score (nSPS) is 11.4. The zero-order valence-corrected chi connectivity index (χ0v) is 25.5. The summed E-state index contributed by atoms with van der Waals surface area (Å²) in [7, 11) is 0. The lowest BCUT2D eigenvalue weighted by molar-refractivity contribution is 0.0947. The Bertz CT molecular complexity index is 1880. The van der Waals surface area contributed by atoms with E-state index in [2.05, 4.69) is 21.3 Å². The number of aryl methyl sites for hydroxylation is 2. The average molecular weight is 601 g/mol. The van der Waals surface area contributed by atoms with Gasteiger partial charge < -0.3 is 21.3 Å². The highest BCUT2D eigenvalue weighted by Crippen LogP contribution is 2.23. The minimum absolute atomic E-state index is 0.160. The number of rotatable bonds is 12. The largest absolute Gasteiger partial charge is 0.351 e. The number of hydrogen-bond acceptors (Lipinski definition) is 8. The minimum atomic E-state index is -0.160. The van der Waals surface area contributed by atoms with E-state index in [0.29, 0.717) is 59.4 Å². The highest BCUT2D eigenvalue weighted by molar-refractivity contribution is 6.07. The number of carbonyl (C=O) groups is 2. The lowest BCUT2D eigenvalue weighted by Gasteiger charge is -2.10. The first kappa shape index (κ1) is 30.0. The molecule has 0 aliphatic carbocycles. The molecule has 0 saturated heterocycles. The van der Waals surface area contributed by atoms with Gasteiger partial charge in [-0.2, -0.15) is 0 Å². The zero-order valence-electron chi connectivity index (χ0n) is 25.5. The van der Waals surface area contributed by atoms with Crippen LogP contribution in [0.5, 0.6) is 0 Å². The summed E-state index contributed by atoms with van der Waals surface area (Å²) >= 11 is 0. The van der Waals surface area contributed by atoms with Gasteiger partial charge in [0.15, 0.2) is 0 Å². The molecular weight excluding hydrogens is 564 g/mol. The molecule has 2 heterocycles. The third-order valence-electron chi connectivity index (χ3n) is 7.76. The smallest absolute Gasteiger partial charge is 0.253 e. The molecule has 2 aromatic heterocycles. The summed E-state index contributed by atoms with van der Waals surface area (Å²) in [6, 6.07) is 22.8. The second kappa shape index (κ2) is 13.7. The molecule has 6 aromatic rings. The number of nitrogens with one attached hydrogen (secondary N) is 4.